The van der Waals surface area contributed by atoms with Gasteiger partial charge in [0.1, 0.15) is 11.4 Å². The molecule has 3 aromatic heterocycles. The number of ether oxygens (including phenoxy) is 1. The van der Waals surface area contributed by atoms with Gasteiger partial charge in [0.15, 0.2) is 0 Å². The van der Waals surface area contributed by atoms with Crippen LogP contribution >= 0.6 is 11.6 Å². The van der Waals surface area contributed by atoms with E-state index < -0.39 is 0 Å². The van der Waals surface area contributed by atoms with E-state index in [0.29, 0.717) is 47.4 Å². The van der Waals surface area contributed by atoms with Crippen molar-refractivity contribution in [2.75, 3.05) is 36.5 Å². The number of imidazole rings is 1. The zero-order valence-corrected chi connectivity index (χ0v) is 19.6. The third-order valence-corrected chi connectivity index (χ3v) is 6.48. The summed E-state index contributed by atoms with van der Waals surface area (Å²) in [6.07, 6.45) is 3.53. The third-order valence-electron chi connectivity index (χ3n) is 6.25. The number of nitrogens with zero attached hydrogens (tertiary/aromatic N) is 3. The second kappa shape index (κ2) is 9.05. The second-order valence-electron chi connectivity index (χ2n) is 8.50. The van der Waals surface area contributed by atoms with Crippen LogP contribution in [0.3, 0.4) is 0 Å². The molecule has 0 unspecified atom stereocenters. The number of benzene rings is 2. The Balaban J connectivity index is 1.47. The Bertz CT molecular complexity index is 1570. The van der Waals surface area contributed by atoms with Crippen LogP contribution < -0.4 is 15.8 Å². The molecule has 35 heavy (non-hydrogen) atoms. The summed E-state index contributed by atoms with van der Waals surface area (Å²) >= 11 is 6.33. The Hall–Kier alpha value is -3.88. The summed E-state index contributed by atoms with van der Waals surface area (Å²) < 4.78 is 5.48. The van der Waals surface area contributed by atoms with Crippen LogP contribution in [0.15, 0.2) is 65.7 Å². The van der Waals surface area contributed by atoms with Gasteiger partial charge < -0.3 is 24.9 Å². The summed E-state index contributed by atoms with van der Waals surface area (Å²) in [5.41, 5.74) is 5.33. The van der Waals surface area contributed by atoms with Crippen molar-refractivity contribution in [2.45, 2.75) is 6.54 Å². The van der Waals surface area contributed by atoms with E-state index in [1.165, 1.54) is 0 Å². The number of halogens is 1. The molecule has 0 bridgehead atoms. The minimum Gasteiger partial charge on any atom is -0.380 e. The number of anilines is 2. The zero-order chi connectivity index (χ0) is 23.8. The molecular weight excluding hydrogens is 464 g/mol. The van der Waals surface area contributed by atoms with Gasteiger partial charge in [0.05, 0.1) is 35.5 Å². The first kappa shape index (κ1) is 21.6. The molecule has 0 spiro atoms. The summed E-state index contributed by atoms with van der Waals surface area (Å²) in [6, 6.07) is 15.4. The van der Waals surface area contributed by atoms with Gasteiger partial charge in [0.2, 0.25) is 0 Å². The highest BCUT2D eigenvalue weighted by atomic mass is 35.5. The molecule has 0 saturated carbocycles. The van der Waals surface area contributed by atoms with Gasteiger partial charge in [-0.2, -0.15) is 0 Å². The van der Waals surface area contributed by atoms with Crippen LogP contribution in [0.5, 0.6) is 0 Å². The number of fused-ring (bicyclic) bond motifs is 2. The number of pyridine rings is 2. The Morgan fingerprint density at radius 3 is 2.77 bits per heavy atom. The molecule has 2 aromatic carbocycles. The highest BCUT2D eigenvalue weighted by Crippen LogP contribution is 2.33. The quantitative estimate of drug-likeness (QED) is 0.336. The van der Waals surface area contributed by atoms with Crippen LogP contribution in [0.25, 0.3) is 33.3 Å². The number of hydrogen-bond acceptors (Lipinski definition) is 6. The molecule has 1 saturated heterocycles. The van der Waals surface area contributed by atoms with Crippen molar-refractivity contribution in [3.05, 3.63) is 81.9 Å². The van der Waals surface area contributed by atoms with Gasteiger partial charge >= 0.3 is 0 Å². The first-order valence-corrected chi connectivity index (χ1v) is 11.8. The Morgan fingerprint density at radius 2 is 1.94 bits per heavy atom. The van der Waals surface area contributed by atoms with E-state index in [4.69, 9.17) is 21.3 Å². The van der Waals surface area contributed by atoms with Gasteiger partial charge in [-0.3, -0.25) is 9.78 Å². The lowest BCUT2D eigenvalue weighted by molar-refractivity contribution is 0.122. The minimum atomic E-state index is -0.235. The normalized spacial score (nSPS) is 14.0. The van der Waals surface area contributed by atoms with Crippen LogP contribution in [-0.4, -0.2) is 46.2 Å². The van der Waals surface area contributed by atoms with Crippen LogP contribution in [0.4, 0.5) is 11.4 Å². The highest BCUT2D eigenvalue weighted by Gasteiger charge is 2.19. The summed E-state index contributed by atoms with van der Waals surface area (Å²) in [4.78, 5) is 30.9. The number of nitrogens with one attached hydrogen (secondary N) is 3. The van der Waals surface area contributed by atoms with Crippen molar-refractivity contribution < 1.29 is 4.74 Å². The smallest absolute Gasteiger partial charge is 0.261 e. The average molecular weight is 487 g/mol. The highest BCUT2D eigenvalue weighted by molar-refractivity contribution is 6.31. The predicted molar refractivity (Wildman–Crippen MR) is 139 cm³/mol. The third kappa shape index (κ3) is 4.22. The lowest BCUT2D eigenvalue weighted by Crippen LogP contribution is -2.36. The second-order valence-corrected chi connectivity index (χ2v) is 8.93. The molecular formula is C26H23ClN6O2. The molecule has 0 aliphatic carbocycles. The van der Waals surface area contributed by atoms with E-state index >= 15 is 0 Å². The number of aromatic nitrogens is 4. The van der Waals surface area contributed by atoms with E-state index in [9.17, 15) is 4.79 Å². The Morgan fingerprint density at radius 1 is 1.06 bits per heavy atom. The molecule has 6 rings (SSSR count). The standard InChI is InChI=1S/C26H23ClN6O2/c27-17-3-5-20-19(12-17)24(29-15-16-2-1-7-28-14-16)23(26(34)32-20)25-30-21-6-4-18(13-22(21)31-25)33-8-10-35-11-9-33/h1-7,12-14H,8-11,15H2,(H,30,31)(H2,29,32,34). The molecule has 0 amide bonds. The predicted octanol–water partition coefficient (Wildman–Crippen LogP) is 4.57. The topological polar surface area (TPSA) is 98.9 Å². The Labute approximate surface area is 205 Å². The van der Waals surface area contributed by atoms with Crippen molar-refractivity contribution in [1.29, 1.82) is 0 Å². The number of rotatable bonds is 5. The van der Waals surface area contributed by atoms with Gasteiger partial charge in [0, 0.05) is 48.1 Å². The maximum atomic E-state index is 13.3. The van der Waals surface area contributed by atoms with Crippen molar-refractivity contribution in [3.63, 3.8) is 0 Å². The first-order chi connectivity index (χ1) is 17.2. The van der Waals surface area contributed by atoms with Gasteiger partial charge in [-0.1, -0.05) is 17.7 Å². The number of morpholine rings is 1. The van der Waals surface area contributed by atoms with Crippen molar-refractivity contribution in [2.24, 2.45) is 0 Å². The SMILES string of the molecule is O=c1[nH]c2ccc(Cl)cc2c(NCc2cccnc2)c1-c1nc2ccc(N3CCOCC3)cc2[nH]1. The first-order valence-electron chi connectivity index (χ1n) is 11.5. The van der Waals surface area contributed by atoms with Gasteiger partial charge in [-0.05, 0) is 48.0 Å². The van der Waals surface area contributed by atoms with Crippen LogP contribution in [0.2, 0.25) is 5.02 Å². The fourth-order valence-corrected chi connectivity index (χ4v) is 4.67. The molecule has 3 N–H and O–H groups in total. The number of hydrogen-bond donors (Lipinski definition) is 3. The summed E-state index contributed by atoms with van der Waals surface area (Å²) in [7, 11) is 0. The van der Waals surface area contributed by atoms with Crippen molar-refractivity contribution >= 4 is 44.9 Å². The molecule has 0 atom stereocenters. The largest absolute Gasteiger partial charge is 0.380 e. The molecule has 8 nitrogen and oxygen atoms in total. The molecule has 0 radical (unpaired) electrons. The Kier molecular flexibility index (Phi) is 5.60. The van der Waals surface area contributed by atoms with Crippen molar-refractivity contribution in [1.82, 2.24) is 19.9 Å². The number of aromatic amines is 2. The van der Waals surface area contributed by atoms with Crippen molar-refractivity contribution in [3.8, 4) is 11.4 Å². The van der Waals surface area contributed by atoms with Crippen LogP contribution in [-0.2, 0) is 11.3 Å². The lowest BCUT2D eigenvalue weighted by atomic mass is 10.1. The fourth-order valence-electron chi connectivity index (χ4n) is 4.50. The van der Waals surface area contributed by atoms with Gasteiger partial charge in [-0.25, -0.2) is 4.98 Å². The van der Waals surface area contributed by atoms with Crippen LogP contribution in [0, 0.1) is 0 Å². The van der Waals surface area contributed by atoms with E-state index in [-0.39, 0.29) is 5.56 Å². The van der Waals surface area contributed by atoms with Crippen LogP contribution in [0.1, 0.15) is 5.56 Å². The zero-order valence-electron chi connectivity index (χ0n) is 18.8. The monoisotopic (exact) mass is 486 g/mol. The molecule has 1 aliphatic rings. The average Bonchev–Trinajstić information content (AvgIpc) is 3.31. The molecule has 1 fully saturated rings. The van der Waals surface area contributed by atoms with Gasteiger partial charge in [0.25, 0.3) is 5.56 Å². The summed E-state index contributed by atoms with van der Waals surface area (Å²) in [5, 5.41) is 4.84. The minimum absolute atomic E-state index is 0.235. The molecule has 9 heteroatoms. The molecule has 1 aliphatic heterocycles. The maximum absolute atomic E-state index is 13.3. The molecule has 4 heterocycles. The summed E-state index contributed by atoms with van der Waals surface area (Å²) in [6.45, 7) is 3.62. The van der Waals surface area contributed by atoms with E-state index in [0.717, 1.165) is 40.8 Å². The van der Waals surface area contributed by atoms with E-state index in [1.54, 1.807) is 18.5 Å². The van der Waals surface area contributed by atoms with E-state index in [1.807, 2.05) is 30.3 Å². The molecule has 5 aromatic rings. The van der Waals surface area contributed by atoms with Gasteiger partial charge in [-0.15, -0.1) is 0 Å². The maximum Gasteiger partial charge on any atom is 0.261 e. The fraction of sp³-hybridized carbons (Fsp3) is 0.192. The molecule has 176 valence electrons. The summed E-state index contributed by atoms with van der Waals surface area (Å²) in [5.74, 6) is 0.496. The number of H-pyrrole nitrogens is 2. The lowest BCUT2D eigenvalue weighted by Gasteiger charge is -2.28. The van der Waals surface area contributed by atoms with E-state index in [2.05, 4.69) is 37.3 Å².